The van der Waals surface area contributed by atoms with Gasteiger partial charge in [-0.3, -0.25) is 0 Å². The molecule has 9 heteroatoms. The van der Waals surface area contributed by atoms with E-state index in [0.717, 1.165) is 5.56 Å². The van der Waals surface area contributed by atoms with Crippen molar-refractivity contribution in [3.63, 3.8) is 0 Å². The molecule has 0 spiro atoms. The Balaban J connectivity index is 0. The molecule has 0 unspecified atom stereocenters. The molecule has 0 atom stereocenters. The molecule has 0 bridgehead atoms. The topological polar surface area (TPSA) is 122 Å². The number of hydrogen-bond donors (Lipinski definition) is 0. The van der Waals surface area contributed by atoms with E-state index in [4.69, 9.17) is 9.96 Å². The number of carbonyl (C=O) groups excluding carboxylic acids is 2. The van der Waals surface area contributed by atoms with Crippen LogP contribution in [0.1, 0.15) is 5.56 Å². The van der Waals surface area contributed by atoms with E-state index in [9.17, 15) is 9.59 Å². The second kappa shape index (κ2) is 11.5. The van der Waals surface area contributed by atoms with Crippen LogP contribution in [0.5, 0.6) is 0 Å². The molecule has 0 aliphatic heterocycles. The van der Waals surface area contributed by atoms with Gasteiger partial charge in [-0.1, -0.05) is 6.07 Å². The van der Waals surface area contributed by atoms with E-state index < -0.39 is 20.6 Å². The van der Waals surface area contributed by atoms with Gasteiger partial charge in [0, 0.05) is 0 Å². The van der Waals surface area contributed by atoms with Crippen molar-refractivity contribution in [3.8, 4) is 0 Å². The molecule has 0 amide bonds. The summed E-state index contributed by atoms with van der Waals surface area (Å²) in [6.07, 6.45) is 2.84. The Hall–Kier alpha value is -0.579. The van der Waals surface area contributed by atoms with Crippen molar-refractivity contribution < 1.29 is 19.6 Å². The number of rotatable bonds is 2. The van der Waals surface area contributed by atoms with Crippen LogP contribution in [-0.2, 0) is 12.7 Å². The molecule has 1 aromatic rings. The fourth-order valence-electron chi connectivity index (χ4n) is 0.890. The van der Waals surface area contributed by atoms with E-state index in [0.29, 0.717) is 11.4 Å². The molecular formula is C9H6N2O5PbSn. The number of aliphatic imine (C=N–C) groups is 2. The number of isocyanates is 2. The Labute approximate surface area is 131 Å². The fourth-order valence-corrected chi connectivity index (χ4v) is 0.890. The predicted octanol–water partition coefficient (Wildman–Crippen LogP) is -1.33. The Bertz CT molecular complexity index is 506. The van der Waals surface area contributed by atoms with Crippen LogP contribution in [0, 0.1) is 6.92 Å². The quantitative estimate of drug-likeness (QED) is 0.258. The van der Waals surface area contributed by atoms with Gasteiger partial charge in [0.25, 0.3) is 0 Å². The van der Waals surface area contributed by atoms with E-state index in [1.165, 1.54) is 18.2 Å². The Morgan fingerprint density at radius 3 is 2.11 bits per heavy atom. The molecular weight excluding hydrogens is 542 g/mol. The summed E-state index contributed by atoms with van der Waals surface area (Å²) in [6, 6.07) is 4.88. The van der Waals surface area contributed by atoms with Crippen LogP contribution in [0.3, 0.4) is 0 Å². The van der Waals surface area contributed by atoms with Gasteiger partial charge in [-0.15, -0.1) is 0 Å². The summed E-state index contributed by atoms with van der Waals surface area (Å²) in [5.74, 6) is 0. The molecule has 1 aromatic carbocycles. The number of hydrogen-bond acceptors (Lipinski definition) is 7. The van der Waals surface area contributed by atoms with Gasteiger partial charge in [-0.2, -0.15) is 9.98 Å². The molecule has 0 aliphatic carbocycles. The smallest absolute Gasteiger partial charge is 2.00 e. The van der Waals surface area contributed by atoms with E-state index in [-0.39, 0.29) is 27.3 Å². The Morgan fingerprint density at radius 1 is 1.17 bits per heavy atom. The maximum absolute atomic E-state index is 10.00. The zero-order valence-corrected chi connectivity index (χ0v) is 15.9. The fraction of sp³-hybridized carbons (Fsp3) is 0.111. The van der Waals surface area contributed by atoms with E-state index in [1.807, 2.05) is 0 Å². The average Bonchev–Trinajstić information content (AvgIpc) is 2.23. The summed E-state index contributed by atoms with van der Waals surface area (Å²) in [4.78, 5) is 26.8. The van der Waals surface area contributed by atoms with Crippen LogP contribution in [0.15, 0.2) is 28.2 Å². The molecule has 0 saturated heterocycles. The molecule has 0 aliphatic rings. The molecule has 0 saturated carbocycles. The largest absolute Gasteiger partial charge is 2.00 e. The van der Waals surface area contributed by atoms with E-state index in [2.05, 4.69) is 9.98 Å². The minimum absolute atomic E-state index is 0. The molecule has 1 rings (SSSR count). The van der Waals surface area contributed by atoms with Crippen LogP contribution in [-0.4, -0.2) is 60.0 Å². The Kier molecular flexibility index (Phi) is 12.6. The summed E-state index contributed by atoms with van der Waals surface area (Å²) in [5.41, 5.74) is 1.72. The van der Waals surface area contributed by atoms with Gasteiger partial charge in [0.05, 0.1) is 11.4 Å². The average molecular weight is 548 g/mol. The molecule has 2 radical (unpaired) electrons. The van der Waals surface area contributed by atoms with Crippen molar-refractivity contribution in [2.45, 2.75) is 6.92 Å². The van der Waals surface area contributed by atoms with Crippen molar-refractivity contribution in [2.75, 3.05) is 0 Å². The van der Waals surface area contributed by atoms with Crippen molar-refractivity contribution in [1.82, 2.24) is 0 Å². The van der Waals surface area contributed by atoms with Gasteiger partial charge >= 0.3 is 57.8 Å². The third kappa shape index (κ3) is 9.45. The summed E-state index contributed by atoms with van der Waals surface area (Å²) >= 11 is -4.29. The molecule has 7 nitrogen and oxygen atoms in total. The van der Waals surface area contributed by atoms with E-state index >= 15 is 0 Å². The maximum Gasteiger partial charge on any atom is 2.00 e. The van der Waals surface area contributed by atoms with Crippen molar-refractivity contribution >= 4 is 71.4 Å². The normalized spacial score (nSPS) is 7.50. The van der Waals surface area contributed by atoms with Gasteiger partial charge < -0.3 is 0 Å². The molecule has 0 aromatic heterocycles. The van der Waals surface area contributed by atoms with Gasteiger partial charge in [0.1, 0.15) is 0 Å². The van der Waals surface area contributed by atoms with Crippen LogP contribution < -0.4 is 6.89 Å². The van der Waals surface area contributed by atoms with Gasteiger partial charge in [0.15, 0.2) is 0 Å². The van der Waals surface area contributed by atoms with Crippen LogP contribution >= 0.6 is 0 Å². The summed E-state index contributed by atoms with van der Waals surface area (Å²) in [5, 5.41) is 0. The zero-order chi connectivity index (χ0) is 13.3. The first-order valence-corrected chi connectivity index (χ1v) is 7.65. The van der Waals surface area contributed by atoms with Crippen LogP contribution in [0.25, 0.3) is 0 Å². The minimum Gasteiger partial charge on any atom is 2.00 e. The third-order valence-corrected chi connectivity index (χ3v) is 1.53. The summed E-state index contributed by atoms with van der Waals surface area (Å²) < 4.78 is 25.8. The Morgan fingerprint density at radius 2 is 1.67 bits per heavy atom. The first-order valence-electron chi connectivity index (χ1n) is 4.15. The number of benzene rings is 1. The maximum atomic E-state index is 10.00. The second-order valence-electron chi connectivity index (χ2n) is 2.63. The monoisotopic (exact) mass is 550 g/mol. The molecule has 0 N–H and O–H groups in total. The first kappa shape index (κ1) is 19.8. The van der Waals surface area contributed by atoms with Crippen molar-refractivity contribution in [1.29, 1.82) is 0 Å². The SMILES string of the molecule is Cc1ccc(N=C=O)cc1N=C=O.[O]=[Sn]([O-])[O-].[Pb+2]. The standard InChI is InChI=1S/C9H6N2O2.3O.Pb.Sn/c1-7-2-3-8(10-5-12)4-9(7)11-6-13;;;;;/h2-4H,1H3;;;;;/q;;2*-1;+2;. The minimum atomic E-state index is -4.29. The van der Waals surface area contributed by atoms with Gasteiger partial charge in [0.2, 0.25) is 12.2 Å². The van der Waals surface area contributed by atoms with Gasteiger partial charge in [-0.05, 0) is 24.6 Å². The third-order valence-electron chi connectivity index (χ3n) is 1.53. The van der Waals surface area contributed by atoms with Gasteiger partial charge in [-0.25, -0.2) is 9.59 Å². The number of aryl methyl sites for hydroxylation is 1. The number of nitrogens with zero attached hydrogens (tertiary/aromatic N) is 2. The van der Waals surface area contributed by atoms with Crippen molar-refractivity contribution in [2.24, 2.45) is 9.98 Å². The molecule has 18 heavy (non-hydrogen) atoms. The predicted molar refractivity (Wildman–Crippen MR) is 58.9 cm³/mol. The zero-order valence-electron chi connectivity index (χ0n) is 9.17. The first-order chi connectivity index (χ1) is 8.01. The van der Waals surface area contributed by atoms with Crippen LogP contribution in [0.2, 0.25) is 0 Å². The second-order valence-corrected chi connectivity index (χ2v) is 4.05. The van der Waals surface area contributed by atoms with Crippen molar-refractivity contribution in [3.05, 3.63) is 23.8 Å². The van der Waals surface area contributed by atoms with E-state index in [1.54, 1.807) is 19.1 Å². The molecule has 90 valence electrons. The molecule has 0 fully saturated rings. The van der Waals surface area contributed by atoms with Crippen LogP contribution in [0.4, 0.5) is 11.4 Å². The summed E-state index contributed by atoms with van der Waals surface area (Å²) in [7, 11) is 0. The summed E-state index contributed by atoms with van der Waals surface area (Å²) in [6.45, 7) is 1.80. The molecule has 0 heterocycles.